The molecule has 0 amide bonds. The maximum atomic E-state index is 14.1. The molecule has 3 aromatic rings. The smallest absolute Gasteiger partial charge is 0.306 e. The van der Waals surface area contributed by atoms with E-state index < -0.39 is 40.4 Å². The number of hydrogen-bond acceptors (Lipinski definition) is 11. The number of thiazole rings is 1. The van der Waals surface area contributed by atoms with Gasteiger partial charge >= 0.3 is 5.97 Å². The van der Waals surface area contributed by atoms with Gasteiger partial charge in [-0.3, -0.25) is 4.79 Å². The van der Waals surface area contributed by atoms with Crippen molar-refractivity contribution in [2.45, 2.75) is 81.9 Å². The Bertz CT molecular complexity index is 1610. The summed E-state index contributed by atoms with van der Waals surface area (Å²) in [6.07, 6.45) is 0.535. The van der Waals surface area contributed by atoms with Crippen molar-refractivity contribution in [3.05, 3.63) is 54.1 Å². The van der Waals surface area contributed by atoms with Gasteiger partial charge in [0.15, 0.2) is 11.4 Å². The zero-order valence-electron chi connectivity index (χ0n) is 27.2. The molecule has 0 spiro atoms. The molecule has 2 aromatic carbocycles. The molecule has 3 heterocycles. The molecule has 6 atom stereocenters. The number of nitrogens with one attached hydrogen (secondary N) is 2. The van der Waals surface area contributed by atoms with E-state index >= 15 is 0 Å². The number of carbonyl (C=O) groups excluding carboxylic acids is 1. The van der Waals surface area contributed by atoms with Crippen LogP contribution in [0.4, 0.5) is 5.13 Å². The Morgan fingerprint density at radius 3 is 2.62 bits per heavy atom. The van der Waals surface area contributed by atoms with E-state index in [0.717, 1.165) is 40.3 Å². The van der Waals surface area contributed by atoms with E-state index in [2.05, 4.69) is 15.6 Å². The normalized spacial score (nSPS) is 24.1. The second-order valence-electron chi connectivity index (χ2n) is 13.3. The second kappa shape index (κ2) is 14.9. The summed E-state index contributed by atoms with van der Waals surface area (Å²) in [5, 5.41) is 19.3. The number of anilines is 1. The molecule has 256 valence electrons. The number of esters is 1. The molecular weight excluding hydrogens is 641 g/mol. The first-order valence-corrected chi connectivity index (χ1v) is 18.9. The summed E-state index contributed by atoms with van der Waals surface area (Å²) in [6, 6.07) is 15.1. The van der Waals surface area contributed by atoms with Gasteiger partial charge < -0.3 is 30.0 Å². The highest BCUT2D eigenvalue weighted by Crippen LogP contribution is 2.35. The van der Waals surface area contributed by atoms with Gasteiger partial charge in [0, 0.05) is 31.1 Å². The van der Waals surface area contributed by atoms with Crippen LogP contribution in [-0.2, 0) is 35.4 Å². The van der Waals surface area contributed by atoms with E-state index in [1.165, 1.54) is 15.6 Å². The fourth-order valence-corrected chi connectivity index (χ4v) is 9.19. The number of rotatable bonds is 16. The van der Waals surface area contributed by atoms with Crippen LogP contribution in [0.2, 0.25) is 0 Å². The zero-order valence-corrected chi connectivity index (χ0v) is 28.8. The third-order valence-electron chi connectivity index (χ3n) is 9.00. The van der Waals surface area contributed by atoms with Gasteiger partial charge in [-0.25, -0.2) is 13.4 Å². The lowest BCUT2D eigenvalue weighted by molar-refractivity contribution is -0.153. The highest BCUT2D eigenvalue weighted by Gasteiger charge is 2.49. The summed E-state index contributed by atoms with van der Waals surface area (Å²) in [5.74, 6) is -1.15. The quantitative estimate of drug-likeness (QED) is 0.190. The third kappa shape index (κ3) is 8.33. The van der Waals surface area contributed by atoms with E-state index in [1.54, 1.807) is 18.2 Å². The van der Waals surface area contributed by atoms with Crippen molar-refractivity contribution in [3.63, 3.8) is 0 Å². The monoisotopic (exact) mass is 686 g/mol. The van der Waals surface area contributed by atoms with Crippen molar-refractivity contribution >= 4 is 42.7 Å². The summed E-state index contributed by atoms with van der Waals surface area (Å²) >= 11 is 1.44. The molecule has 1 saturated carbocycles. The number of aliphatic hydroxyl groups is 1. The Labute approximate surface area is 281 Å². The predicted octanol–water partition coefficient (Wildman–Crippen LogP) is 4.02. The van der Waals surface area contributed by atoms with Crippen molar-refractivity contribution in [1.82, 2.24) is 14.6 Å². The molecule has 0 bridgehead atoms. The molecule has 0 radical (unpaired) electrons. The van der Waals surface area contributed by atoms with Crippen LogP contribution in [0.25, 0.3) is 10.2 Å². The van der Waals surface area contributed by atoms with Gasteiger partial charge in [-0.15, -0.1) is 0 Å². The van der Waals surface area contributed by atoms with Crippen molar-refractivity contribution in [2.24, 2.45) is 17.8 Å². The molecular formula is C34H46N4O7S2. The fraction of sp³-hybridized carbons (Fsp3) is 0.588. The van der Waals surface area contributed by atoms with Crippen molar-refractivity contribution in [3.8, 4) is 0 Å². The van der Waals surface area contributed by atoms with Gasteiger partial charge in [-0.1, -0.05) is 62.4 Å². The minimum Gasteiger partial charge on any atom is -0.459 e. The summed E-state index contributed by atoms with van der Waals surface area (Å²) in [5.41, 5.74) is 1.68. The van der Waals surface area contributed by atoms with Crippen LogP contribution >= 0.6 is 11.3 Å². The number of benzene rings is 2. The molecule has 6 rings (SSSR count). The average Bonchev–Trinajstić information content (AvgIpc) is 3.42. The molecule has 1 aromatic heterocycles. The van der Waals surface area contributed by atoms with Crippen LogP contribution in [0.1, 0.15) is 45.6 Å². The van der Waals surface area contributed by atoms with Crippen LogP contribution < -0.4 is 10.6 Å². The molecule has 3 N–H and O–H groups in total. The van der Waals surface area contributed by atoms with E-state index in [9.17, 15) is 18.3 Å². The summed E-state index contributed by atoms with van der Waals surface area (Å²) in [7, 11) is -3.98. The van der Waals surface area contributed by atoms with E-state index in [0.29, 0.717) is 19.1 Å². The molecule has 2 aliphatic heterocycles. The maximum absolute atomic E-state index is 14.1. The minimum atomic E-state index is -3.98. The number of fused-ring (bicyclic) bond motifs is 2. The molecule has 47 heavy (non-hydrogen) atoms. The molecule has 2 saturated heterocycles. The highest BCUT2D eigenvalue weighted by atomic mass is 32.2. The second-order valence-corrected chi connectivity index (χ2v) is 16.3. The van der Waals surface area contributed by atoms with E-state index in [1.807, 2.05) is 51.1 Å². The lowest BCUT2D eigenvalue weighted by atomic mass is 9.90. The number of aromatic nitrogens is 1. The molecule has 3 aliphatic rings. The summed E-state index contributed by atoms with van der Waals surface area (Å²) in [6.45, 7) is 7.46. The van der Waals surface area contributed by atoms with E-state index in [-0.39, 0.29) is 48.9 Å². The molecule has 0 unspecified atom stereocenters. The lowest BCUT2D eigenvalue weighted by Gasteiger charge is -2.30. The highest BCUT2D eigenvalue weighted by molar-refractivity contribution is 7.89. The van der Waals surface area contributed by atoms with Crippen molar-refractivity contribution in [2.75, 3.05) is 38.2 Å². The van der Waals surface area contributed by atoms with Crippen LogP contribution in [0.3, 0.4) is 0 Å². The van der Waals surface area contributed by atoms with Crippen LogP contribution in [0.15, 0.2) is 53.4 Å². The lowest BCUT2D eigenvalue weighted by Crippen LogP contribution is -2.44. The van der Waals surface area contributed by atoms with Gasteiger partial charge in [0.05, 0.1) is 46.8 Å². The number of sulfonamides is 1. The Morgan fingerprint density at radius 2 is 1.89 bits per heavy atom. The number of aliphatic hydroxyl groups excluding tert-OH is 1. The molecule has 1 aliphatic carbocycles. The van der Waals surface area contributed by atoms with Crippen LogP contribution in [0.5, 0.6) is 0 Å². The largest absolute Gasteiger partial charge is 0.459 e. The standard InChI is InChI=1S/C34H46N4O7S2/c1-4-35-27-19-43-33-32(27)29(20-44-33)45-31(40)15-23(14-22-8-6-5-7-9-22)28(39)18-38(17-21(2)3)47(41,42)25-12-13-26-30(16-25)46-34(37-26)36-24-10-11-24/h5-9,12-13,16,21,23-24,27-29,32-33,35,39H,4,10-11,14-15,17-20H2,1-3H3,(H,36,37)/t23-,27+,28-,29+,32+,33-/m1/s1. The third-order valence-corrected chi connectivity index (χ3v) is 11.8. The van der Waals surface area contributed by atoms with Gasteiger partial charge in [-0.2, -0.15) is 4.31 Å². The Kier molecular flexibility index (Phi) is 10.8. The number of carbonyl (C=O) groups is 1. The number of hydrogen-bond donors (Lipinski definition) is 3. The maximum Gasteiger partial charge on any atom is 0.306 e. The first-order valence-electron chi connectivity index (χ1n) is 16.7. The SMILES string of the molecule is CCN[C@H]1CO[C@@H]2OC[C@H](OC(=O)C[C@@H](Cc3ccccc3)[C@H](O)CN(CC(C)C)S(=O)(=O)c3ccc4nc(NC5CC5)sc4c3)[C@@H]21. The Hall–Kier alpha value is -2.65. The fourth-order valence-electron chi connectivity index (χ4n) is 6.48. The molecule has 11 nitrogen and oxygen atoms in total. The first kappa shape index (κ1) is 34.2. The Morgan fingerprint density at radius 1 is 1.13 bits per heavy atom. The number of ether oxygens (including phenoxy) is 3. The molecule has 3 fully saturated rings. The predicted molar refractivity (Wildman–Crippen MR) is 181 cm³/mol. The van der Waals surface area contributed by atoms with Gasteiger partial charge in [-0.05, 0) is 55.5 Å². The zero-order chi connectivity index (χ0) is 33.1. The molecule has 13 heteroatoms. The summed E-state index contributed by atoms with van der Waals surface area (Å²) < 4.78 is 47.9. The average molecular weight is 687 g/mol. The first-order chi connectivity index (χ1) is 22.6. The Balaban J connectivity index is 1.19. The van der Waals surface area contributed by atoms with Gasteiger partial charge in [0.2, 0.25) is 10.0 Å². The van der Waals surface area contributed by atoms with Crippen molar-refractivity contribution in [1.29, 1.82) is 0 Å². The van der Waals surface area contributed by atoms with Gasteiger partial charge in [0.25, 0.3) is 0 Å². The minimum absolute atomic E-state index is 0.00427. The van der Waals surface area contributed by atoms with Crippen LogP contribution in [0, 0.1) is 17.8 Å². The number of likely N-dealkylation sites (N-methyl/N-ethyl adjacent to an activating group) is 1. The topological polar surface area (TPSA) is 139 Å². The summed E-state index contributed by atoms with van der Waals surface area (Å²) in [4.78, 5) is 18.2. The van der Waals surface area contributed by atoms with Crippen LogP contribution in [-0.4, -0.2) is 92.2 Å². The van der Waals surface area contributed by atoms with Crippen molar-refractivity contribution < 1.29 is 32.5 Å². The van der Waals surface area contributed by atoms with Gasteiger partial charge in [0.1, 0.15) is 6.10 Å². The number of nitrogens with zero attached hydrogens (tertiary/aromatic N) is 2. The van der Waals surface area contributed by atoms with E-state index in [4.69, 9.17) is 14.2 Å².